The average Bonchev–Trinajstić information content (AvgIpc) is 2.81. The molecule has 0 aromatic heterocycles. The van der Waals surface area contributed by atoms with Gasteiger partial charge < -0.3 is 4.52 Å². The number of carbonyl (C=O) groups excluding carboxylic acids is 1. The highest BCUT2D eigenvalue weighted by Gasteiger charge is 2.14. The lowest BCUT2D eigenvalue weighted by molar-refractivity contribution is -0.133. The summed E-state index contributed by atoms with van der Waals surface area (Å²) in [4.78, 5) is 12.4. The molecule has 0 aromatic rings. The first-order valence-electron chi connectivity index (χ1n) is 15.2. The lowest BCUT2D eigenvalue weighted by Gasteiger charge is -2.17. The van der Waals surface area contributed by atoms with Crippen LogP contribution in [0.25, 0.3) is 0 Å². The van der Waals surface area contributed by atoms with Crippen molar-refractivity contribution in [1.82, 2.24) is 0 Å². The van der Waals surface area contributed by atoms with Gasteiger partial charge >= 0.3 is 5.97 Å². The molecule has 0 aliphatic rings. The minimum Gasteiger partial charge on any atom is -0.445 e. The molecule has 0 amide bonds. The van der Waals surface area contributed by atoms with Gasteiger partial charge in [0.15, 0.2) is 0 Å². The number of hydrogen-bond acceptors (Lipinski definition) is 2. The Morgan fingerprint density at radius 2 is 0.758 bits per heavy atom. The lowest BCUT2D eigenvalue weighted by Crippen LogP contribution is -2.05. The van der Waals surface area contributed by atoms with E-state index in [1.54, 1.807) is 0 Å². The second-order valence-corrected chi connectivity index (χ2v) is 12.3. The first kappa shape index (κ1) is 32.9. The van der Waals surface area contributed by atoms with Gasteiger partial charge in [-0.15, -0.1) is 0 Å². The molecule has 0 aliphatic carbocycles. The van der Waals surface area contributed by atoms with Crippen LogP contribution in [0.5, 0.6) is 0 Å². The minimum atomic E-state index is -0.537. The maximum atomic E-state index is 12.4. The van der Waals surface area contributed by atoms with E-state index in [0.717, 1.165) is 18.7 Å². The van der Waals surface area contributed by atoms with Crippen molar-refractivity contribution in [2.45, 2.75) is 175 Å². The molecular formula is C30H61O2P. The highest BCUT2D eigenvalue weighted by Crippen LogP contribution is 2.40. The van der Waals surface area contributed by atoms with Crippen LogP contribution in [0.15, 0.2) is 0 Å². The summed E-state index contributed by atoms with van der Waals surface area (Å²) in [5.74, 6) is 0.0871. The molecule has 0 N–H and O–H groups in total. The van der Waals surface area contributed by atoms with Crippen molar-refractivity contribution in [3.8, 4) is 0 Å². The largest absolute Gasteiger partial charge is 0.445 e. The van der Waals surface area contributed by atoms with Crippen LogP contribution in [0.3, 0.4) is 0 Å². The SMILES string of the molecule is CCCCCCCCCCCCCCP(CCCCCC)OC(=O)CCCCCCCCC. The number of carbonyl (C=O) groups is 1. The molecule has 0 heterocycles. The fraction of sp³-hybridized carbons (Fsp3) is 0.967. The molecule has 0 bridgehead atoms. The van der Waals surface area contributed by atoms with Gasteiger partial charge in [0.25, 0.3) is 0 Å². The molecule has 198 valence electrons. The summed E-state index contributed by atoms with van der Waals surface area (Å²) in [7, 11) is -0.537. The van der Waals surface area contributed by atoms with Crippen LogP contribution in [0.4, 0.5) is 0 Å². The van der Waals surface area contributed by atoms with Crippen molar-refractivity contribution in [2.75, 3.05) is 12.3 Å². The monoisotopic (exact) mass is 484 g/mol. The third-order valence-corrected chi connectivity index (χ3v) is 8.83. The second kappa shape index (κ2) is 28.1. The molecule has 0 fully saturated rings. The van der Waals surface area contributed by atoms with E-state index in [0.29, 0.717) is 6.42 Å². The lowest BCUT2D eigenvalue weighted by atomic mass is 10.1. The molecule has 33 heavy (non-hydrogen) atoms. The highest BCUT2D eigenvalue weighted by molar-refractivity contribution is 7.53. The number of hydrogen-bond donors (Lipinski definition) is 0. The van der Waals surface area contributed by atoms with Crippen LogP contribution >= 0.6 is 8.15 Å². The number of unbranched alkanes of at least 4 members (excludes halogenated alkanes) is 20. The Hall–Kier alpha value is -0.100. The Labute approximate surface area is 210 Å². The third kappa shape index (κ3) is 26.3. The Morgan fingerprint density at radius 3 is 1.15 bits per heavy atom. The zero-order valence-corrected chi connectivity index (χ0v) is 24.0. The summed E-state index contributed by atoms with van der Waals surface area (Å²) in [6, 6.07) is 0. The van der Waals surface area contributed by atoms with Gasteiger partial charge in [-0.05, 0) is 19.3 Å². The molecule has 2 nitrogen and oxygen atoms in total. The van der Waals surface area contributed by atoms with Crippen molar-refractivity contribution in [1.29, 1.82) is 0 Å². The van der Waals surface area contributed by atoms with E-state index in [9.17, 15) is 4.79 Å². The van der Waals surface area contributed by atoms with Gasteiger partial charge in [0.2, 0.25) is 0 Å². The van der Waals surface area contributed by atoms with Gasteiger partial charge in [0.05, 0.1) is 8.15 Å². The first-order valence-corrected chi connectivity index (χ1v) is 16.8. The molecule has 0 aliphatic heterocycles. The van der Waals surface area contributed by atoms with Crippen LogP contribution < -0.4 is 0 Å². The smallest absolute Gasteiger partial charge is 0.308 e. The normalized spacial score (nSPS) is 12.2. The molecule has 0 radical (unpaired) electrons. The predicted octanol–water partition coefficient (Wildman–Crippen LogP) is 11.3. The molecule has 3 heteroatoms. The molecule has 0 spiro atoms. The summed E-state index contributed by atoms with van der Waals surface area (Å²) < 4.78 is 6.00. The minimum absolute atomic E-state index is 0.0871. The molecule has 0 saturated carbocycles. The fourth-order valence-electron chi connectivity index (χ4n) is 4.46. The molecule has 1 atom stereocenters. The molecule has 0 aromatic carbocycles. The van der Waals surface area contributed by atoms with Crippen LogP contribution in [0.1, 0.15) is 175 Å². The van der Waals surface area contributed by atoms with E-state index < -0.39 is 8.15 Å². The first-order chi connectivity index (χ1) is 16.2. The zero-order valence-electron chi connectivity index (χ0n) is 23.1. The summed E-state index contributed by atoms with van der Waals surface area (Å²) in [6.07, 6.45) is 33.5. The van der Waals surface area contributed by atoms with Crippen molar-refractivity contribution < 1.29 is 9.32 Å². The second-order valence-electron chi connectivity index (χ2n) is 10.2. The van der Waals surface area contributed by atoms with E-state index in [4.69, 9.17) is 4.52 Å². The van der Waals surface area contributed by atoms with Crippen molar-refractivity contribution in [3.63, 3.8) is 0 Å². The third-order valence-electron chi connectivity index (χ3n) is 6.74. The molecule has 0 saturated heterocycles. The predicted molar refractivity (Wildman–Crippen MR) is 151 cm³/mol. The van der Waals surface area contributed by atoms with E-state index in [2.05, 4.69) is 20.8 Å². The van der Waals surface area contributed by atoms with Crippen molar-refractivity contribution in [3.05, 3.63) is 0 Å². The summed E-state index contributed by atoms with van der Waals surface area (Å²) in [5.41, 5.74) is 0. The van der Waals surface area contributed by atoms with Crippen LogP contribution in [-0.4, -0.2) is 18.3 Å². The Bertz CT molecular complexity index is 385. The summed E-state index contributed by atoms with van der Waals surface area (Å²) in [5, 5.41) is 0. The standard InChI is InChI=1S/C30H61O2P/c1-4-7-10-13-15-16-17-18-19-21-23-26-29-33(28-25-12-9-6-3)32-30(31)27-24-22-20-14-11-8-5-2/h4-29H2,1-3H3. The maximum Gasteiger partial charge on any atom is 0.308 e. The van der Waals surface area contributed by atoms with E-state index in [1.807, 2.05) is 0 Å². The fourth-order valence-corrected chi connectivity index (χ4v) is 6.40. The van der Waals surface area contributed by atoms with Gasteiger partial charge in [-0.3, -0.25) is 4.79 Å². The zero-order chi connectivity index (χ0) is 24.2. The Kier molecular flexibility index (Phi) is 28.1. The average molecular weight is 485 g/mol. The van der Waals surface area contributed by atoms with Gasteiger partial charge in [-0.2, -0.15) is 0 Å². The van der Waals surface area contributed by atoms with Gasteiger partial charge in [-0.1, -0.05) is 149 Å². The van der Waals surface area contributed by atoms with Crippen LogP contribution in [0.2, 0.25) is 0 Å². The highest BCUT2D eigenvalue weighted by atomic mass is 31.1. The Balaban J connectivity index is 3.84. The van der Waals surface area contributed by atoms with Gasteiger partial charge in [0.1, 0.15) is 0 Å². The van der Waals surface area contributed by atoms with Crippen molar-refractivity contribution >= 4 is 14.1 Å². The molecular weight excluding hydrogens is 423 g/mol. The Morgan fingerprint density at radius 1 is 0.455 bits per heavy atom. The van der Waals surface area contributed by atoms with E-state index >= 15 is 0 Å². The van der Waals surface area contributed by atoms with Gasteiger partial charge in [0, 0.05) is 18.7 Å². The van der Waals surface area contributed by atoms with Crippen LogP contribution in [0, 0.1) is 0 Å². The quantitative estimate of drug-likeness (QED) is 0.0855. The number of rotatable bonds is 27. The van der Waals surface area contributed by atoms with E-state index in [-0.39, 0.29) is 5.97 Å². The topological polar surface area (TPSA) is 26.3 Å². The summed E-state index contributed by atoms with van der Waals surface area (Å²) in [6.45, 7) is 6.81. The maximum absolute atomic E-state index is 12.4. The van der Waals surface area contributed by atoms with E-state index in [1.165, 1.54) is 141 Å². The summed E-state index contributed by atoms with van der Waals surface area (Å²) >= 11 is 0. The van der Waals surface area contributed by atoms with Gasteiger partial charge in [-0.25, -0.2) is 0 Å². The molecule has 1 unspecified atom stereocenters. The van der Waals surface area contributed by atoms with Crippen molar-refractivity contribution in [2.24, 2.45) is 0 Å². The van der Waals surface area contributed by atoms with Crippen LogP contribution in [-0.2, 0) is 9.32 Å². The molecule has 0 rings (SSSR count).